The number of amides is 2. The molecule has 0 fully saturated rings. The average Bonchev–Trinajstić information content (AvgIpc) is 2.72. The third-order valence-electron chi connectivity index (χ3n) is 4.99. The van der Waals surface area contributed by atoms with Gasteiger partial charge in [-0.1, -0.05) is 46.9 Å². The normalized spacial score (nSPS) is 12.2. The molecular weight excluding hydrogens is 497 g/mol. The largest absolute Gasteiger partial charge is 0.357 e. The van der Waals surface area contributed by atoms with E-state index in [0.29, 0.717) is 26.2 Å². The minimum absolute atomic E-state index is 0.0853. The molecule has 0 aromatic heterocycles. The highest BCUT2D eigenvalue weighted by atomic mass is 35.5. The number of hydrogen-bond acceptors (Lipinski definition) is 4. The van der Waals surface area contributed by atoms with Gasteiger partial charge < -0.3 is 10.2 Å². The molecule has 2 rings (SSSR count). The van der Waals surface area contributed by atoms with Crippen LogP contribution in [0.1, 0.15) is 18.1 Å². The highest BCUT2D eigenvalue weighted by molar-refractivity contribution is 7.92. The van der Waals surface area contributed by atoms with Gasteiger partial charge in [0.05, 0.1) is 11.9 Å². The second-order valence-electron chi connectivity index (χ2n) is 7.17. The van der Waals surface area contributed by atoms with Crippen molar-refractivity contribution in [2.24, 2.45) is 0 Å². The Morgan fingerprint density at radius 2 is 1.56 bits per heavy atom. The molecule has 1 atom stereocenters. The quantitative estimate of drug-likeness (QED) is 0.572. The molecule has 32 heavy (non-hydrogen) atoms. The van der Waals surface area contributed by atoms with Crippen LogP contribution in [0.3, 0.4) is 0 Å². The number of hydrogen-bond donors (Lipinski definition) is 1. The fraction of sp³-hybridized carbons (Fsp3) is 0.333. The van der Waals surface area contributed by atoms with Crippen molar-refractivity contribution in [1.29, 1.82) is 0 Å². The van der Waals surface area contributed by atoms with Gasteiger partial charge in [-0.15, -0.1) is 0 Å². The van der Waals surface area contributed by atoms with Crippen LogP contribution in [-0.4, -0.2) is 51.0 Å². The Morgan fingerprint density at radius 3 is 2.09 bits per heavy atom. The number of nitrogens with zero attached hydrogens (tertiary/aromatic N) is 2. The summed E-state index contributed by atoms with van der Waals surface area (Å²) in [5.74, 6) is -1.03. The van der Waals surface area contributed by atoms with Gasteiger partial charge >= 0.3 is 0 Å². The number of benzene rings is 2. The van der Waals surface area contributed by atoms with E-state index in [9.17, 15) is 18.0 Å². The van der Waals surface area contributed by atoms with Crippen LogP contribution in [0.25, 0.3) is 0 Å². The number of rotatable bonds is 8. The summed E-state index contributed by atoms with van der Waals surface area (Å²) in [6, 6.07) is 8.77. The van der Waals surface area contributed by atoms with Gasteiger partial charge in [-0.2, -0.15) is 0 Å². The number of likely N-dealkylation sites (N-methyl/N-ethyl adjacent to an activating group) is 1. The molecule has 0 saturated carbocycles. The zero-order chi connectivity index (χ0) is 24.2. The van der Waals surface area contributed by atoms with Crippen LogP contribution in [0.2, 0.25) is 15.1 Å². The second kappa shape index (κ2) is 10.7. The molecule has 2 amide bonds. The Balaban J connectivity index is 2.49. The lowest BCUT2D eigenvalue weighted by Gasteiger charge is -2.32. The first-order chi connectivity index (χ1) is 14.9. The van der Waals surface area contributed by atoms with Crippen LogP contribution in [0.4, 0.5) is 5.69 Å². The van der Waals surface area contributed by atoms with Crippen molar-refractivity contribution in [1.82, 2.24) is 10.2 Å². The zero-order valence-corrected chi connectivity index (χ0v) is 21.1. The molecule has 0 aliphatic rings. The molecule has 11 heteroatoms. The third-order valence-corrected chi connectivity index (χ3v) is 7.23. The number of carbonyl (C=O) groups is 2. The number of carbonyl (C=O) groups excluding carboxylic acids is 2. The molecule has 174 valence electrons. The molecule has 2 aromatic carbocycles. The van der Waals surface area contributed by atoms with E-state index >= 15 is 0 Å². The summed E-state index contributed by atoms with van der Waals surface area (Å²) in [7, 11) is -2.41. The lowest BCUT2D eigenvalue weighted by Crippen LogP contribution is -2.50. The van der Waals surface area contributed by atoms with Crippen LogP contribution in [0, 0.1) is 6.92 Å². The van der Waals surface area contributed by atoms with Gasteiger partial charge in [0.25, 0.3) is 0 Å². The van der Waals surface area contributed by atoms with Crippen molar-refractivity contribution < 1.29 is 18.0 Å². The molecule has 0 unspecified atom stereocenters. The fourth-order valence-corrected chi connectivity index (χ4v) is 4.69. The van der Waals surface area contributed by atoms with E-state index in [1.54, 1.807) is 43.3 Å². The molecule has 0 spiro atoms. The van der Waals surface area contributed by atoms with Crippen molar-refractivity contribution in [2.75, 3.05) is 24.2 Å². The molecule has 7 nitrogen and oxygen atoms in total. The minimum Gasteiger partial charge on any atom is -0.357 e. The lowest BCUT2D eigenvalue weighted by molar-refractivity contribution is -0.139. The van der Waals surface area contributed by atoms with Crippen molar-refractivity contribution in [3.63, 3.8) is 0 Å². The van der Waals surface area contributed by atoms with E-state index in [2.05, 4.69) is 5.32 Å². The Kier molecular flexibility index (Phi) is 8.82. The van der Waals surface area contributed by atoms with E-state index in [0.717, 1.165) is 10.6 Å². The van der Waals surface area contributed by atoms with E-state index in [4.69, 9.17) is 34.8 Å². The van der Waals surface area contributed by atoms with Crippen LogP contribution in [-0.2, 0) is 26.2 Å². The summed E-state index contributed by atoms with van der Waals surface area (Å²) in [5, 5.41) is 3.51. The van der Waals surface area contributed by atoms with Gasteiger partial charge in [0.2, 0.25) is 21.8 Å². The minimum atomic E-state index is -3.85. The van der Waals surface area contributed by atoms with Crippen LogP contribution < -0.4 is 9.62 Å². The van der Waals surface area contributed by atoms with Gasteiger partial charge in [-0.05, 0) is 43.7 Å². The molecule has 0 bridgehead atoms. The molecular formula is C21H24Cl3N3O4S. The fourth-order valence-electron chi connectivity index (χ4n) is 3.11. The first-order valence-corrected chi connectivity index (χ1v) is 12.5. The van der Waals surface area contributed by atoms with Crippen molar-refractivity contribution in [2.45, 2.75) is 26.4 Å². The van der Waals surface area contributed by atoms with Gasteiger partial charge in [-0.25, -0.2) is 8.42 Å². The molecule has 0 aliphatic heterocycles. The van der Waals surface area contributed by atoms with E-state index in [-0.39, 0.29) is 12.2 Å². The van der Waals surface area contributed by atoms with Crippen molar-refractivity contribution in [3.8, 4) is 0 Å². The summed E-state index contributed by atoms with van der Waals surface area (Å²) in [5.41, 5.74) is 1.23. The highest BCUT2D eigenvalue weighted by Crippen LogP contribution is 2.29. The number of nitrogens with one attached hydrogen (secondary N) is 1. The topological polar surface area (TPSA) is 86.8 Å². The molecule has 0 aliphatic carbocycles. The SMILES string of the molecule is CNC(=O)[C@H](C)N(Cc1c(Cl)cccc1Cl)C(=O)CN(c1cccc(Cl)c1C)S(C)(=O)=O. The van der Waals surface area contributed by atoms with E-state index < -0.39 is 34.4 Å². The van der Waals surface area contributed by atoms with Gasteiger partial charge in [0.15, 0.2) is 0 Å². The van der Waals surface area contributed by atoms with Crippen molar-refractivity contribution in [3.05, 3.63) is 62.6 Å². The predicted octanol–water partition coefficient (Wildman–Crippen LogP) is 3.88. The maximum atomic E-state index is 13.4. The summed E-state index contributed by atoms with van der Waals surface area (Å²) in [4.78, 5) is 27.0. The van der Waals surface area contributed by atoms with E-state index in [1.807, 2.05) is 0 Å². The Labute approximate surface area is 203 Å². The first-order valence-electron chi connectivity index (χ1n) is 9.55. The maximum absolute atomic E-state index is 13.4. The molecule has 0 saturated heterocycles. The summed E-state index contributed by atoms with van der Waals surface area (Å²) in [6.45, 7) is 2.58. The Morgan fingerprint density at radius 1 is 1.03 bits per heavy atom. The molecule has 2 aromatic rings. The maximum Gasteiger partial charge on any atom is 0.244 e. The molecule has 1 N–H and O–H groups in total. The van der Waals surface area contributed by atoms with Crippen LogP contribution in [0.15, 0.2) is 36.4 Å². The monoisotopic (exact) mass is 519 g/mol. The molecule has 0 heterocycles. The highest BCUT2D eigenvalue weighted by Gasteiger charge is 2.31. The number of sulfonamides is 1. The second-order valence-corrected chi connectivity index (χ2v) is 10.3. The van der Waals surface area contributed by atoms with Crippen LogP contribution in [0.5, 0.6) is 0 Å². The van der Waals surface area contributed by atoms with E-state index in [1.165, 1.54) is 18.9 Å². The standard InChI is InChI=1S/C21H24Cl3N3O4S/c1-13-16(22)7-6-10-19(13)27(32(4,30)31)12-20(28)26(14(2)21(29)25-3)11-15-17(23)8-5-9-18(15)24/h5-10,14H,11-12H2,1-4H3,(H,25,29)/t14-/m0/s1. The number of anilines is 1. The lowest BCUT2D eigenvalue weighted by atomic mass is 10.1. The first kappa shape index (κ1) is 26.3. The number of halogens is 3. The average molecular weight is 521 g/mol. The zero-order valence-electron chi connectivity index (χ0n) is 18.0. The van der Waals surface area contributed by atoms with Gasteiger partial charge in [-0.3, -0.25) is 13.9 Å². The van der Waals surface area contributed by atoms with Gasteiger partial charge in [0, 0.05) is 34.2 Å². The smallest absolute Gasteiger partial charge is 0.244 e. The molecule has 0 radical (unpaired) electrons. The summed E-state index contributed by atoms with van der Waals surface area (Å²) in [6.07, 6.45) is 0.998. The van der Waals surface area contributed by atoms with Crippen LogP contribution >= 0.6 is 34.8 Å². The third kappa shape index (κ3) is 6.07. The summed E-state index contributed by atoms with van der Waals surface area (Å²) < 4.78 is 26.1. The Bertz CT molecular complexity index is 1110. The summed E-state index contributed by atoms with van der Waals surface area (Å²) >= 11 is 18.7. The van der Waals surface area contributed by atoms with Crippen molar-refractivity contribution >= 4 is 62.3 Å². The van der Waals surface area contributed by atoms with Gasteiger partial charge in [0.1, 0.15) is 12.6 Å². The Hall–Kier alpha value is -2.00. The predicted molar refractivity (Wildman–Crippen MR) is 129 cm³/mol.